The number of esters is 2. The molecule has 1 rings (SSSR count). The summed E-state index contributed by atoms with van der Waals surface area (Å²) in [5, 5.41) is 0. The van der Waals surface area contributed by atoms with Gasteiger partial charge in [0.05, 0.1) is 25.6 Å². The predicted molar refractivity (Wildman–Crippen MR) is 109 cm³/mol. The van der Waals surface area contributed by atoms with Crippen LogP contribution in [-0.2, 0) is 19.1 Å². The molecule has 1 aliphatic carbocycles. The summed E-state index contributed by atoms with van der Waals surface area (Å²) in [5.74, 6) is 1.18. The smallest absolute Gasteiger partial charge is 0.309 e. The van der Waals surface area contributed by atoms with E-state index in [0.717, 1.165) is 25.7 Å². The molecule has 0 saturated heterocycles. The zero-order valence-electron chi connectivity index (χ0n) is 18.5. The third-order valence-corrected chi connectivity index (χ3v) is 5.43. The van der Waals surface area contributed by atoms with Gasteiger partial charge in [0.25, 0.3) is 0 Å². The number of hydrogen-bond donors (Lipinski definition) is 0. The Bertz CT molecular complexity index is 442. The predicted octanol–water partition coefficient (Wildman–Crippen LogP) is 5.63. The third-order valence-electron chi connectivity index (χ3n) is 5.43. The molecule has 0 bridgehead atoms. The van der Waals surface area contributed by atoms with E-state index in [9.17, 15) is 9.59 Å². The van der Waals surface area contributed by atoms with Crippen molar-refractivity contribution in [3.63, 3.8) is 0 Å². The van der Waals surface area contributed by atoms with E-state index in [1.807, 2.05) is 27.7 Å². The molecule has 3 atom stereocenters. The maximum absolute atomic E-state index is 12.9. The van der Waals surface area contributed by atoms with Crippen LogP contribution >= 0.6 is 0 Å². The fraction of sp³-hybridized carbons (Fsp3) is 0.913. The van der Waals surface area contributed by atoms with E-state index in [-0.39, 0.29) is 30.2 Å². The molecule has 1 aliphatic rings. The Morgan fingerprint density at radius 2 is 1.44 bits per heavy atom. The zero-order chi connectivity index (χ0) is 20.4. The van der Waals surface area contributed by atoms with E-state index in [1.165, 1.54) is 12.8 Å². The average Bonchev–Trinajstić information content (AvgIpc) is 2.61. The first kappa shape index (κ1) is 24.0. The standard InChI is InChI=1S/C23H42O4/c1-16(2)11-12-19-9-7-8-10-20(19)21(23(25)27-15-18(5)6)13-22(24)26-14-17(3)4/h16-21H,7-15H2,1-6H3. The van der Waals surface area contributed by atoms with Gasteiger partial charge in [0, 0.05) is 0 Å². The van der Waals surface area contributed by atoms with Crippen LogP contribution in [0.4, 0.5) is 0 Å². The SMILES string of the molecule is CC(C)CCC1CCCCC1C(CC(=O)OCC(C)C)C(=O)OCC(C)C. The summed E-state index contributed by atoms with van der Waals surface area (Å²) in [5.41, 5.74) is 0. The van der Waals surface area contributed by atoms with Crippen molar-refractivity contribution in [3.05, 3.63) is 0 Å². The van der Waals surface area contributed by atoms with Crippen molar-refractivity contribution in [2.45, 2.75) is 86.5 Å². The first-order valence-electron chi connectivity index (χ1n) is 11.0. The highest BCUT2D eigenvalue weighted by Gasteiger charge is 2.38. The van der Waals surface area contributed by atoms with Crippen LogP contribution in [0.5, 0.6) is 0 Å². The molecule has 0 amide bonds. The second-order valence-corrected chi connectivity index (χ2v) is 9.59. The van der Waals surface area contributed by atoms with Crippen molar-refractivity contribution in [2.24, 2.45) is 35.5 Å². The minimum atomic E-state index is -0.360. The number of ether oxygens (including phenoxy) is 2. The lowest BCUT2D eigenvalue weighted by Crippen LogP contribution is -2.36. The van der Waals surface area contributed by atoms with Gasteiger partial charge in [-0.2, -0.15) is 0 Å². The van der Waals surface area contributed by atoms with Crippen molar-refractivity contribution >= 4 is 11.9 Å². The molecule has 1 saturated carbocycles. The Labute approximate surface area is 166 Å². The molecule has 3 unspecified atom stereocenters. The Hall–Kier alpha value is -1.06. The van der Waals surface area contributed by atoms with E-state index in [0.29, 0.717) is 36.9 Å². The topological polar surface area (TPSA) is 52.6 Å². The normalized spacial score (nSPS) is 21.5. The minimum absolute atomic E-state index is 0.159. The van der Waals surface area contributed by atoms with Crippen LogP contribution in [-0.4, -0.2) is 25.2 Å². The summed E-state index contributed by atoms with van der Waals surface area (Å²) in [6, 6.07) is 0. The van der Waals surface area contributed by atoms with Gasteiger partial charge in [-0.15, -0.1) is 0 Å². The van der Waals surface area contributed by atoms with E-state index >= 15 is 0 Å². The van der Waals surface area contributed by atoms with Gasteiger partial charge in [-0.25, -0.2) is 0 Å². The highest BCUT2D eigenvalue weighted by molar-refractivity contribution is 5.80. The van der Waals surface area contributed by atoms with Crippen molar-refractivity contribution < 1.29 is 19.1 Å². The number of carbonyl (C=O) groups is 2. The monoisotopic (exact) mass is 382 g/mol. The quantitative estimate of drug-likeness (QED) is 0.434. The van der Waals surface area contributed by atoms with Crippen LogP contribution in [0.25, 0.3) is 0 Å². The summed E-state index contributed by atoms with van der Waals surface area (Å²) in [7, 11) is 0. The molecule has 158 valence electrons. The van der Waals surface area contributed by atoms with Crippen molar-refractivity contribution in [2.75, 3.05) is 13.2 Å². The molecular weight excluding hydrogens is 340 g/mol. The van der Waals surface area contributed by atoms with Gasteiger partial charge < -0.3 is 9.47 Å². The summed E-state index contributed by atoms with van der Waals surface area (Å²) in [6.07, 6.45) is 7.01. The molecule has 0 radical (unpaired) electrons. The Morgan fingerprint density at radius 3 is 2.04 bits per heavy atom. The highest BCUT2D eigenvalue weighted by Crippen LogP contribution is 2.40. The first-order valence-corrected chi connectivity index (χ1v) is 11.0. The molecule has 0 spiro atoms. The Balaban J connectivity index is 2.84. The lowest BCUT2D eigenvalue weighted by molar-refractivity contribution is -0.160. The van der Waals surface area contributed by atoms with E-state index in [4.69, 9.17) is 9.47 Å². The minimum Gasteiger partial charge on any atom is -0.465 e. The molecule has 0 aromatic carbocycles. The van der Waals surface area contributed by atoms with Crippen molar-refractivity contribution in [1.82, 2.24) is 0 Å². The fourth-order valence-corrected chi connectivity index (χ4v) is 3.94. The van der Waals surface area contributed by atoms with Gasteiger partial charge in [-0.3, -0.25) is 9.59 Å². The lowest BCUT2D eigenvalue weighted by Gasteiger charge is -2.36. The second kappa shape index (κ2) is 12.4. The molecule has 27 heavy (non-hydrogen) atoms. The summed E-state index contributed by atoms with van der Waals surface area (Å²) < 4.78 is 11.0. The molecule has 0 aromatic heterocycles. The van der Waals surface area contributed by atoms with E-state index in [2.05, 4.69) is 13.8 Å². The van der Waals surface area contributed by atoms with E-state index in [1.54, 1.807) is 0 Å². The van der Waals surface area contributed by atoms with Crippen LogP contribution in [0.2, 0.25) is 0 Å². The van der Waals surface area contributed by atoms with Crippen molar-refractivity contribution in [1.29, 1.82) is 0 Å². The molecule has 0 N–H and O–H groups in total. The molecule has 0 heterocycles. The van der Waals surface area contributed by atoms with Crippen LogP contribution < -0.4 is 0 Å². The summed E-state index contributed by atoms with van der Waals surface area (Å²) >= 11 is 0. The lowest BCUT2D eigenvalue weighted by atomic mass is 9.69. The molecule has 4 heteroatoms. The van der Waals surface area contributed by atoms with E-state index < -0.39 is 0 Å². The molecule has 4 nitrogen and oxygen atoms in total. The van der Waals surface area contributed by atoms with Gasteiger partial charge in [0.1, 0.15) is 0 Å². The Kier molecular flexibility index (Phi) is 11.0. The molecule has 0 aliphatic heterocycles. The zero-order valence-corrected chi connectivity index (χ0v) is 18.5. The molecule has 1 fully saturated rings. The number of hydrogen-bond acceptors (Lipinski definition) is 4. The van der Waals surface area contributed by atoms with Gasteiger partial charge >= 0.3 is 11.9 Å². The van der Waals surface area contributed by atoms with Crippen molar-refractivity contribution in [3.8, 4) is 0 Å². The van der Waals surface area contributed by atoms with Crippen LogP contribution in [0, 0.1) is 35.5 Å². The maximum Gasteiger partial charge on any atom is 0.309 e. The van der Waals surface area contributed by atoms with Crippen LogP contribution in [0.15, 0.2) is 0 Å². The highest BCUT2D eigenvalue weighted by atomic mass is 16.5. The van der Waals surface area contributed by atoms with Crippen LogP contribution in [0.3, 0.4) is 0 Å². The van der Waals surface area contributed by atoms with Gasteiger partial charge in [0.2, 0.25) is 0 Å². The summed E-state index contributed by atoms with van der Waals surface area (Å²) in [6.45, 7) is 13.4. The Morgan fingerprint density at radius 1 is 0.852 bits per heavy atom. The van der Waals surface area contributed by atoms with Gasteiger partial charge in [-0.05, 0) is 42.4 Å². The fourth-order valence-electron chi connectivity index (χ4n) is 3.94. The first-order chi connectivity index (χ1) is 12.7. The molecular formula is C23H42O4. The maximum atomic E-state index is 12.9. The largest absolute Gasteiger partial charge is 0.465 e. The summed E-state index contributed by atoms with van der Waals surface area (Å²) in [4.78, 5) is 25.3. The third kappa shape index (κ3) is 9.62. The average molecular weight is 383 g/mol. The van der Waals surface area contributed by atoms with Crippen LogP contribution in [0.1, 0.15) is 86.5 Å². The number of carbonyl (C=O) groups excluding carboxylic acids is 2. The van der Waals surface area contributed by atoms with Gasteiger partial charge in [0.15, 0.2) is 0 Å². The second-order valence-electron chi connectivity index (χ2n) is 9.59. The van der Waals surface area contributed by atoms with Gasteiger partial charge in [-0.1, -0.05) is 67.2 Å². The molecule has 0 aromatic rings. The number of rotatable bonds is 11.